The van der Waals surface area contributed by atoms with Crippen molar-refractivity contribution in [3.8, 4) is 0 Å². The molecule has 0 aromatic heterocycles. The lowest BCUT2D eigenvalue weighted by atomic mass is 10.0. The number of rotatable bonds is 3. The van der Waals surface area contributed by atoms with Crippen LogP contribution in [0.1, 0.15) is 24.0 Å². The van der Waals surface area contributed by atoms with E-state index in [-0.39, 0.29) is 0 Å². The van der Waals surface area contributed by atoms with Crippen molar-refractivity contribution in [3.05, 3.63) is 35.4 Å². The predicted octanol–water partition coefficient (Wildman–Crippen LogP) is 2.75. The van der Waals surface area contributed by atoms with Gasteiger partial charge in [-0.25, -0.2) is 0 Å². The Morgan fingerprint density at radius 3 is 2.80 bits per heavy atom. The van der Waals surface area contributed by atoms with Gasteiger partial charge in [-0.2, -0.15) is 12.6 Å². The normalized spacial score (nSPS) is 17.1. The fraction of sp³-hybridized carbons (Fsp3) is 0.538. The summed E-state index contributed by atoms with van der Waals surface area (Å²) in [6, 6.07) is 8.86. The lowest BCUT2D eigenvalue weighted by Crippen LogP contribution is -2.24. The van der Waals surface area contributed by atoms with Crippen LogP contribution < -0.4 is 0 Å². The van der Waals surface area contributed by atoms with E-state index in [2.05, 4.69) is 41.8 Å². The van der Waals surface area contributed by atoms with Crippen LogP contribution in [-0.4, -0.2) is 23.7 Å². The molecule has 1 aromatic carbocycles. The molecule has 0 atom stereocenters. The van der Waals surface area contributed by atoms with Gasteiger partial charge in [0.15, 0.2) is 0 Å². The largest absolute Gasteiger partial charge is 0.299 e. The molecule has 0 unspecified atom stereocenters. The highest BCUT2D eigenvalue weighted by Gasteiger charge is 2.12. The number of thiol groups is 1. The summed E-state index contributed by atoms with van der Waals surface area (Å²) in [7, 11) is 0. The van der Waals surface area contributed by atoms with Crippen molar-refractivity contribution in [1.82, 2.24) is 4.90 Å². The molecule has 0 amide bonds. The third-order valence-electron chi connectivity index (χ3n) is 3.07. The first-order chi connectivity index (χ1) is 7.40. The molecule has 0 N–H and O–H groups in total. The monoisotopic (exact) mass is 221 g/mol. The molecule has 0 saturated heterocycles. The van der Waals surface area contributed by atoms with E-state index >= 15 is 0 Å². The van der Waals surface area contributed by atoms with Crippen LogP contribution in [0.4, 0.5) is 0 Å². The number of aryl methyl sites for hydroxylation is 1. The van der Waals surface area contributed by atoms with Gasteiger partial charge in [-0.1, -0.05) is 24.3 Å². The minimum atomic E-state index is 0.998. The highest BCUT2D eigenvalue weighted by atomic mass is 32.1. The molecule has 2 rings (SSSR count). The average molecular weight is 221 g/mol. The Bertz CT molecular complexity index is 309. The summed E-state index contributed by atoms with van der Waals surface area (Å²) < 4.78 is 0. The van der Waals surface area contributed by atoms with Gasteiger partial charge in [0.25, 0.3) is 0 Å². The van der Waals surface area contributed by atoms with E-state index in [0.29, 0.717) is 0 Å². The molecule has 82 valence electrons. The van der Waals surface area contributed by atoms with Crippen molar-refractivity contribution in [2.45, 2.75) is 25.8 Å². The molecule has 1 aromatic rings. The number of nitrogens with zero attached hydrogens (tertiary/aromatic N) is 1. The maximum atomic E-state index is 4.28. The van der Waals surface area contributed by atoms with Crippen molar-refractivity contribution < 1.29 is 0 Å². The van der Waals surface area contributed by atoms with Gasteiger partial charge in [0, 0.05) is 6.54 Å². The summed E-state index contributed by atoms with van der Waals surface area (Å²) >= 11 is 4.28. The number of fused-ring (bicyclic) bond motifs is 1. The maximum absolute atomic E-state index is 4.28. The first-order valence-corrected chi connectivity index (χ1v) is 6.43. The Balaban J connectivity index is 2.04. The highest BCUT2D eigenvalue weighted by molar-refractivity contribution is 7.80. The van der Waals surface area contributed by atoms with Crippen LogP contribution in [0.25, 0.3) is 0 Å². The van der Waals surface area contributed by atoms with Crippen LogP contribution in [0.15, 0.2) is 24.3 Å². The van der Waals surface area contributed by atoms with Crippen LogP contribution in [0, 0.1) is 0 Å². The van der Waals surface area contributed by atoms with Crippen molar-refractivity contribution in [2.24, 2.45) is 0 Å². The molecule has 2 heteroatoms. The molecular weight excluding hydrogens is 202 g/mol. The van der Waals surface area contributed by atoms with Crippen molar-refractivity contribution in [1.29, 1.82) is 0 Å². The zero-order chi connectivity index (χ0) is 10.5. The smallest absolute Gasteiger partial charge is 0.0236 e. The molecule has 1 aliphatic rings. The van der Waals surface area contributed by atoms with Gasteiger partial charge in [-0.05, 0) is 49.2 Å². The SMILES string of the molecule is SCCCN1CCCc2ccccc2C1. The lowest BCUT2D eigenvalue weighted by molar-refractivity contribution is 0.271. The van der Waals surface area contributed by atoms with E-state index in [4.69, 9.17) is 0 Å². The summed E-state index contributed by atoms with van der Waals surface area (Å²) in [5.41, 5.74) is 3.07. The molecular formula is C13H19NS. The zero-order valence-corrected chi connectivity index (χ0v) is 10.0. The molecule has 1 heterocycles. The summed E-state index contributed by atoms with van der Waals surface area (Å²) in [4.78, 5) is 2.56. The number of benzene rings is 1. The van der Waals surface area contributed by atoms with Crippen LogP contribution >= 0.6 is 12.6 Å². The van der Waals surface area contributed by atoms with E-state index in [1.807, 2.05) is 0 Å². The predicted molar refractivity (Wildman–Crippen MR) is 68.5 cm³/mol. The third kappa shape index (κ3) is 2.99. The standard InChI is InChI=1S/C13H19NS/c15-10-4-9-14-8-3-7-12-5-1-2-6-13(12)11-14/h1-2,5-6,15H,3-4,7-11H2. The Morgan fingerprint density at radius 2 is 2.00 bits per heavy atom. The quantitative estimate of drug-likeness (QED) is 0.768. The van der Waals surface area contributed by atoms with Gasteiger partial charge < -0.3 is 0 Å². The first-order valence-electron chi connectivity index (χ1n) is 5.80. The Morgan fingerprint density at radius 1 is 1.20 bits per heavy atom. The van der Waals surface area contributed by atoms with Crippen LogP contribution in [0.5, 0.6) is 0 Å². The van der Waals surface area contributed by atoms with Crippen LogP contribution in [0.3, 0.4) is 0 Å². The van der Waals surface area contributed by atoms with Gasteiger partial charge in [0.2, 0.25) is 0 Å². The second-order valence-corrected chi connectivity index (χ2v) is 4.67. The Hall–Kier alpha value is -0.470. The van der Waals surface area contributed by atoms with E-state index < -0.39 is 0 Å². The van der Waals surface area contributed by atoms with E-state index in [9.17, 15) is 0 Å². The van der Waals surface area contributed by atoms with Crippen molar-refractivity contribution in [2.75, 3.05) is 18.8 Å². The molecule has 0 fully saturated rings. The Kier molecular flexibility index (Phi) is 4.09. The zero-order valence-electron chi connectivity index (χ0n) is 9.15. The van der Waals surface area contributed by atoms with E-state index in [1.54, 1.807) is 5.56 Å². The average Bonchev–Trinajstić information content (AvgIpc) is 2.47. The molecule has 0 radical (unpaired) electrons. The van der Waals surface area contributed by atoms with Gasteiger partial charge in [-0.15, -0.1) is 0 Å². The fourth-order valence-electron chi connectivity index (χ4n) is 2.25. The van der Waals surface area contributed by atoms with Crippen LogP contribution in [-0.2, 0) is 13.0 Å². The Labute approximate surface area is 97.9 Å². The summed E-state index contributed by atoms with van der Waals surface area (Å²) in [5.74, 6) is 0.998. The molecule has 15 heavy (non-hydrogen) atoms. The molecule has 0 spiro atoms. The van der Waals surface area contributed by atoms with E-state index in [1.165, 1.54) is 37.9 Å². The van der Waals surface area contributed by atoms with Gasteiger partial charge in [0.1, 0.15) is 0 Å². The summed E-state index contributed by atoms with van der Waals surface area (Å²) in [6.45, 7) is 3.56. The third-order valence-corrected chi connectivity index (χ3v) is 3.38. The minimum Gasteiger partial charge on any atom is -0.299 e. The molecule has 0 bridgehead atoms. The summed E-state index contributed by atoms with van der Waals surface area (Å²) in [5, 5.41) is 0. The van der Waals surface area contributed by atoms with Gasteiger partial charge >= 0.3 is 0 Å². The maximum Gasteiger partial charge on any atom is 0.0236 e. The molecule has 0 aliphatic carbocycles. The van der Waals surface area contributed by atoms with Crippen molar-refractivity contribution >= 4 is 12.6 Å². The second-order valence-electron chi connectivity index (χ2n) is 4.23. The molecule has 1 nitrogen and oxygen atoms in total. The highest BCUT2D eigenvalue weighted by Crippen LogP contribution is 2.18. The molecule has 0 saturated carbocycles. The lowest BCUT2D eigenvalue weighted by Gasteiger charge is -2.19. The number of hydrogen-bond donors (Lipinski definition) is 1. The van der Waals surface area contributed by atoms with Gasteiger partial charge in [-0.3, -0.25) is 4.90 Å². The first kappa shape index (κ1) is 11.0. The van der Waals surface area contributed by atoms with E-state index in [0.717, 1.165) is 12.3 Å². The fourth-order valence-corrected chi connectivity index (χ4v) is 2.40. The second kappa shape index (κ2) is 5.57. The summed E-state index contributed by atoms with van der Waals surface area (Å²) in [6.07, 6.45) is 3.74. The topological polar surface area (TPSA) is 3.24 Å². The van der Waals surface area contributed by atoms with Crippen molar-refractivity contribution in [3.63, 3.8) is 0 Å². The molecule has 1 aliphatic heterocycles. The minimum absolute atomic E-state index is 0.998. The van der Waals surface area contributed by atoms with Crippen LogP contribution in [0.2, 0.25) is 0 Å². The van der Waals surface area contributed by atoms with Gasteiger partial charge in [0.05, 0.1) is 0 Å². The number of hydrogen-bond acceptors (Lipinski definition) is 2.